The van der Waals surface area contributed by atoms with Crippen molar-refractivity contribution in [3.8, 4) is 0 Å². The van der Waals surface area contributed by atoms with Crippen LogP contribution in [0.4, 0.5) is 0 Å². The largest absolute Gasteiger partial charge is 0.479 e. The Labute approximate surface area is 128 Å². The highest BCUT2D eigenvalue weighted by Gasteiger charge is 2.38. The molecule has 2 heterocycles. The molecule has 1 N–H and O–H groups in total. The van der Waals surface area contributed by atoms with Gasteiger partial charge in [0, 0.05) is 17.3 Å². The molecule has 1 fully saturated rings. The number of carboxylic acid groups (broad SMARTS) is 1. The summed E-state index contributed by atoms with van der Waals surface area (Å²) in [7, 11) is 0. The second-order valence-electron chi connectivity index (χ2n) is 6.01. The number of thiophene rings is 1. The predicted octanol–water partition coefficient (Wildman–Crippen LogP) is 3.23. The number of hydrogen-bond acceptors (Lipinski definition) is 3. The van der Waals surface area contributed by atoms with Crippen LogP contribution in [0.1, 0.15) is 55.0 Å². The number of carboxylic acids is 1. The third-order valence-electron chi connectivity index (χ3n) is 4.69. The molecule has 2 aliphatic rings. The van der Waals surface area contributed by atoms with Crippen LogP contribution in [0.5, 0.6) is 0 Å². The van der Waals surface area contributed by atoms with Crippen LogP contribution in [0.3, 0.4) is 0 Å². The zero-order valence-corrected chi connectivity index (χ0v) is 12.9. The summed E-state index contributed by atoms with van der Waals surface area (Å²) in [5.74, 6) is -0.827. The summed E-state index contributed by atoms with van der Waals surface area (Å²) in [4.78, 5) is 27.2. The lowest BCUT2D eigenvalue weighted by atomic mass is 9.94. The summed E-state index contributed by atoms with van der Waals surface area (Å²) in [5.41, 5.74) is 0.820. The van der Waals surface area contributed by atoms with E-state index >= 15 is 0 Å². The summed E-state index contributed by atoms with van der Waals surface area (Å²) in [5, 5.41) is 11.5. The highest BCUT2D eigenvalue weighted by Crippen LogP contribution is 2.36. The van der Waals surface area contributed by atoms with Gasteiger partial charge < -0.3 is 10.0 Å². The molecule has 114 valence electrons. The van der Waals surface area contributed by atoms with Gasteiger partial charge in [0.05, 0.1) is 0 Å². The van der Waals surface area contributed by atoms with Crippen LogP contribution in [0.2, 0.25) is 0 Å². The Hall–Kier alpha value is -1.36. The Balaban J connectivity index is 1.83. The van der Waals surface area contributed by atoms with Crippen LogP contribution in [-0.2, 0) is 16.0 Å². The van der Waals surface area contributed by atoms with Crippen LogP contribution in [0.25, 0.3) is 0 Å². The van der Waals surface area contributed by atoms with E-state index in [0.717, 1.165) is 42.5 Å². The van der Waals surface area contributed by atoms with E-state index in [1.165, 1.54) is 12.8 Å². The molecule has 1 aliphatic heterocycles. The lowest BCUT2D eigenvalue weighted by molar-refractivity contribution is -0.153. The van der Waals surface area contributed by atoms with E-state index < -0.39 is 12.0 Å². The fourth-order valence-electron chi connectivity index (χ4n) is 3.58. The van der Waals surface area contributed by atoms with Gasteiger partial charge in [-0.2, -0.15) is 0 Å². The molecule has 0 aromatic carbocycles. The van der Waals surface area contributed by atoms with E-state index in [0.29, 0.717) is 6.54 Å². The summed E-state index contributed by atoms with van der Waals surface area (Å²) in [6, 6.07) is 1.08. The van der Waals surface area contributed by atoms with Gasteiger partial charge in [0.15, 0.2) is 6.04 Å². The molecule has 3 rings (SSSR count). The minimum Gasteiger partial charge on any atom is -0.479 e. The lowest BCUT2D eigenvalue weighted by Crippen LogP contribution is -2.45. The molecule has 21 heavy (non-hydrogen) atoms. The van der Waals surface area contributed by atoms with Crippen molar-refractivity contribution in [3.05, 3.63) is 21.9 Å². The Morgan fingerprint density at radius 3 is 2.57 bits per heavy atom. The van der Waals surface area contributed by atoms with Crippen molar-refractivity contribution in [1.29, 1.82) is 0 Å². The maximum atomic E-state index is 12.8. The Morgan fingerprint density at radius 1 is 1.19 bits per heavy atom. The SMILES string of the molecule is O=C(O)C1c2ccsc2CCN1C(=O)C1CCCCCC1. The van der Waals surface area contributed by atoms with Gasteiger partial charge in [-0.15, -0.1) is 11.3 Å². The first-order valence-electron chi connectivity index (χ1n) is 7.78. The van der Waals surface area contributed by atoms with Crippen LogP contribution in [0.15, 0.2) is 11.4 Å². The molecule has 0 spiro atoms. The maximum Gasteiger partial charge on any atom is 0.331 e. The van der Waals surface area contributed by atoms with Crippen LogP contribution >= 0.6 is 11.3 Å². The topological polar surface area (TPSA) is 57.6 Å². The summed E-state index contributed by atoms with van der Waals surface area (Å²) in [6.07, 6.45) is 7.19. The fraction of sp³-hybridized carbons (Fsp3) is 0.625. The molecule has 1 unspecified atom stereocenters. The summed E-state index contributed by atoms with van der Waals surface area (Å²) < 4.78 is 0. The van der Waals surface area contributed by atoms with E-state index in [-0.39, 0.29) is 11.8 Å². The molecule has 1 aromatic rings. The molecule has 1 saturated carbocycles. The highest BCUT2D eigenvalue weighted by molar-refractivity contribution is 7.10. The van der Waals surface area contributed by atoms with Gasteiger partial charge in [0.25, 0.3) is 0 Å². The van der Waals surface area contributed by atoms with E-state index in [1.807, 2.05) is 11.4 Å². The van der Waals surface area contributed by atoms with Crippen molar-refractivity contribution in [2.24, 2.45) is 5.92 Å². The van der Waals surface area contributed by atoms with Crippen molar-refractivity contribution in [1.82, 2.24) is 4.90 Å². The average Bonchev–Trinajstić information content (AvgIpc) is 2.78. The van der Waals surface area contributed by atoms with Crippen LogP contribution in [0, 0.1) is 5.92 Å². The fourth-order valence-corrected chi connectivity index (χ4v) is 4.48. The number of amides is 1. The zero-order chi connectivity index (χ0) is 14.8. The lowest BCUT2D eigenvalue weighted by Gasteiger charge is -2.35. The molecule has 4 nitrogen and oxygen atoms in total. The van der Waals surface area contributed by atoms with Crippen LogP contribution < -0.4 is 0 Å². The number of rotatable bonds is 2. The van der Waals surface area contributed by atoms with Crippen LogP contribution in [-0.4, -0.2) is 28.4 Å². The predicted molar refractivity (Wildman–Crippen MR) is 81.3 cm³/mol. The van der Waals surface area contributed by atoms with Gasteiger partial charge >= 0.3 is 5.97 Å². The van der Waals surface area contributed by atoms with E-state index in [9.17, 15) is 14.7 Å². The van der Waals surface area contributed by atoms with Gasteiger partial charge in [0.2, 0.25) is 5.91 Å². The van der Waals surface area contributed by atoms with Crippen molar-refractivity contribution in [2.75, 3.05) is 6.54 Å². The number of fused-ring (bicyclic) bond motifs is 1. The van der Waals surface area contributed by atoms with Crippen molar-refractivity contribution >= 4 is 23.2 Å². The Bertz CT molecular complexity index is 531. The van der Waals surface area contributed by atoms with Gasteiger partial charge in [-0.05, 0) is 36.3 Å². The minimum atomic E-state index is -0.906. The summed E-state index contributed by atoms with van der Waals surface area (Å²) in [6.45, 7) is 0.541. The quantitative estimate of drug-likeness (QED) is 0.853. The number of carbonyl (C=O) groups is 2. The molecule has 1 atom stereocenters. The number of carbonyl (C=O) groups excluding carboxylic acids is 1. The minimum absolute atomic E-state index is 0.0227. The second-order valence-corrected chi connectivity index (χ2v) is 7.01. The molecular weight excluding hydrogens is 286 g/mol. The number of nitrogens with zero attached hydrogens (tertiary/aromatic N) is 1. The third kappa shape index (κ3) is 2.84. The van der Waals surface area contributed by atoms with Gasteiger partial charge in [-0.1, -0.05) is 25.7 Å². The Morgan fingerprint density at radius 2 is 1.90 bits per heavy atom. The molecule has 0 radical (unpaired) electrons. The van der Waals surface area contributed by atoms with Gasteiger partial charge in [0.1, 0.15) is 0 Å². The van der Waals surface area contributed by atoms with Gasteiger partial charge in [-0.25, -0.2) is 4.79 Å². The maximum absolute atomic E-state index is 12.8. The summed E-state index contributed by atoms with van der Waals surface area (Å²) >= 11 is 1.60. The average molecular weight is 307 g/mol. The van der Waals surface area contributed by atoms with Crippen molar-refractivity contribution < 1.29 is 14.7 Å². The molecule has 0 bridgehead atoms. The monoisotopic (exact) mass is 307 g/mol. The zero-order valence-electron chi connectivity index (χ0n) is 12.1. The van der Waals surface area contributed by atoms with Crippen molar-refractivity contribution in [2.45, 2.75) is 51.0 Å². The molecule has 1 aliphatic carbocycles. The number of aliphatic carboxylic acids is 1. The molecule has 0 saturated heterocycles. The molecule has 5 heteroatoms. The van der Waals surface area contributed by atoms with E-state index in [2.05, 4.69) is 0 Å². The first-order valence-corrected chi connectivity index (χ1v) is 8.66. The first-order chi connectivity index (χ1) is 10.2. The molecule has 1 aromatic heterocycles. The molecule has 1 amide bonds. The first kappa shape index (κ1) is 14.6. The molecular formula is C16H21NO3S. The van der Waals surface area contributed by atoms with Gasteiger partial charge in [-0.3, -0.25) is 4.79 Å². The Kier molecular flexibility index (Phi) is 4.29. The van der Waals surface area contributed by atoms with E-state index in [1.54, 1.807) is 16.2 Å². The third-order valence-corrected chi connectivity index (χ3v) is 5.68. The van der Waals surface area contributed by atoms with Crippen molar-refractivity contribution in [3.63, 3.8) is 0 Å². The smallest absolute Gasteiger partial charge is 0.331 e. The standard InChI is InChI=1S/C16H21NO3S/c18-15(11-5-3-1-2-4-6-11)17-9-7-13-12(8-10-21-13)14(17)16(19)20/h8,10-11,14H,1-7,9H2,(H,19,20). The number of hydrogen-bond donors (Lipinski definition) is 1. The second kappa shape index (κ2) is 6.18. The normalized spacial score (nSPS) is 23.4. The van der Waals surface area contributed by atoms with E-state index in [4.69, 9.17) is 0 Å². The highest BCUT2D eigenvalue weighted by atomic mass is 32.1.